The van der Waals surface area contributed by atoms with Gasteiger partial charge >= 0.3 is 6.36 Å². The summed E-state index contributed by atoms with van der Waals surface area (Å²) in [5.74, 6) is 0.309. The monoisotopic (exact) mass is 426 g/mol. The number of guanidine groups is 1. The Kier molecular flexibility index (Phi) is 8.58. The van der Waals surface area contributed by atoms with Crippen molar-refractivity contribution in [3.05, 3.63) is 53.9 Å². The SMILES string of the molecule is CCNC(=NCC(CO)Cc1ccc(OC(F)(F)F)cc1)N(C)Cc1cccn1C. The molecule has 0 aliphatic heterocycles. The zero-order valence-corrected chi connectivity index (χ0v) is 17.5. The molecule has 2 rings (SSSR count). The highest BCUT2D eigenvalue weighted by Crippen LogP contribution is 2.23. The molecule has 0 aliphatic rings. The summed E-state index contributed by atoms with van der Waals surface area (Å²) < 4.78 is 42.7. The molecule has 6 nitrogen and oxygen atoms in total. The fourth-order valence-electron chi connectivity index (χ4n) is 3.01. The fourth-order valence-corrected chi connectivity index (χ4v) is 3.01. The van der Waals surface area contributed by atoms with Crippen LogP contribution in [0.1, 0.15) is 18.2 Å². The summed E-state index contributed by atoms with van der Waals surface area (Å²) in [6.07, 6.45) is -2.23. The zero-order valence-electron chi connectivity index (χ0n) is 17.5. The van der Waals surface area contributed by atoms with E-state index in [1.807, 2.05) is 48.8 Å². The van der Waals surface area contributed by atoms with Gasteiger partial charge in [-0.1, -0.05) is 12.1 Å². The summed E-state index contributed by atoms with van der Waals surface area (Å²) in [6.45, 7) is 3.68. The van der Waals surface area contributed by atoms with E-state index in [1.165, 1.54) is 12.1 Å². The number of aliphatic hydroxyl groups excluding tert-OH is 1. The van der Waals surface area contributed by atoms with Crippen molar-refractivity contribution in [2.24, 2.45) is 18.0 Å². The van der Waals surface area contributed by atoms with Crippen molar-refractivity contribution >= 4 is 5.96 Å². The molecule has 1 atom stereocenters. The maximum absolute atomic E-state index is 12.3. The largest absolute Gasteiger partial charge is 0.573 e. The van der Waals surface area contributed by atoms with Crippen molar-refractivity contribution < 1.29 is 23.0 Å². The number of rotatable bonds is 9. The van der Waals surface area contributed by atoms with E-state index in [2.05, 4.69) is 15.0 Å². The maximum atomic E-state index is 12.3. The summed E-state index contributed by atoms with van der Waals surface area (Å²) >= 11 is 0. The quantitative estimate of drug-likeness (QED) is 0.478. The molecule has 2 aromatic rings. The number of aromatic nitrogens is 1. The molecule has 0 radical (unpaired) electrons. The van der Waals surface area contributed by atoms with Gasteiger partial charge in [-0.2, -0.15) is 0 Å². The van der Waals surface area contributed by atoms with Gasteiger partial charge in [-0.25, -0.2) is 0 Å². The molecule has 0 saturated carbocycles. The average Bonchev–Trinajstić information content (AvgIpc) is 3.08. The molecular formula is C21H29F3N4O2. The van der Waals surface area contributed by atoms with E-state index in [9.17, 15) is 18.3 Å². The molecule has 0 saturated heterocycles. The van der Waals surface area contributed by atoms with Crippen molar-refractivity contribution in [3.63, 3.8) is 0 Å². The Morgan fingerprint density at radius 3 is 2.50 bits per heavy atom. The predicted octanol–water partition coefficient (Wildman–Crippen LogP) is 3.17. The third-order valence-corrected chi connectivity index (χ3v) is 4.59. The number of benzene rings is 1. The van der Waals surface area contributed by atoms with Gasteiger partial charge in [0.2, 0.25) is 0 Å². The maximum Gasteiger partial charge on any atom is 0.573 e. The van der Waals surface area contributed by atoms with Crippen molar-refractivity contribution in [1.29, 1.82) is 0 Å². The number of aryl methyl sites for hydroxylation is 1. The smallest absolute Gasteiger partial charge is 0.406 e. The molecule has 1 aromatic carbocycles. The zero-order chi connectivity index (χ0) is 22.1. The highest BCUT2D eigenvalue weighted by Gasteiger charge is 2.31. The van der Waals surface area contributed by atoms with Crippen LogP contribution in [-0.2, 0) is 20.0 Å². The second-order valence-corrected chi connectivity index (χ2v) is 7.11. The molecule has 0 aliphatic carbocycles. The minimum atomic E-state index is -4.71. The number of nitrogens with one attached hydrogen (secondary N) is 1. The van der Waals surface area contributed by atoms with Crippen LogP contribution in [0.5, 0.6) is 5.75 Å². The highest BCUT2D eigenvalue weighted by atomic mass is 19.4. The summed E-state index contributed by atoms with van der Waals surface area (Å²) in [7, 11) is 3.93. The van der Waals surface area contributed by atoms with Crippen LogP contribution in [0.3, 0.4) is 0 Å². The first-order valence-electron chi connectivity index (χ1n) is 9.77. The minimum absolute atomic E-state index is 0.0781. The Morgan fingerprint density at radius 1 is 1.27 bits per heavy atom. The number of hydrogen-bond donors (Lipinski definition) is 2. The Hall–Kier alpha value is -2.68. The number of nitrogens with zero attached hydrogens (tertiary/aromatic N) is 3. The minimum Gasteiger partial charge on any atom is -0.406 e. The molecular weight excluding hydrogens is 397 g/mol. The van der Waals surface area contributed by atoms with E-state index in [0.717, 1.165) is 17.2 Å². The lowest BCUT2D eigenvalue weighted by atomic mass is 10.0. The molecule has 0 amide bonds. The van der Waals surface area contributed by atoms with Crippen LogP contribution in [-0.4, -0.2) is 53.6 Å². The lowest BCUT2D eigenvalue weighted by molar-refractivity contribution is -0.274. The topological polar surface area (TPSA) is 62.0 Å². The molecule has 1 unspecified atom stereocenters. The second-order valence-electron chi connectivity index (χ2n) is 7.11. The van der Waals surface area contributed by atoms with Gasteiger partial charge in [0.15, 0.2) is 5.96 Å². The molecule has 1 aromatic heterocycles. The van der Waals surface area contributed by atoms with Crippen molar-refractivity contribution in [1.82, 2.24) is 14.8 Å². The fraction of sp³-hybridized carbons (Fsp3) is 0.476. The Morgan fingerprint density at radius 2 is 1.97 bits per heavy atom. The van der Waals surface area contributed by atoms with E-state index in [-0.39, 0.29) is 18.3 Å². The normalized spacial score (nSPS) is 13.2. The lowest BCUT2D eigenvalue weighted by Crippen LogP contribution is -2.39. The van der Waals surface area contributed by atoms with E-state index in [0.29, 0.717) is 26.1 Å². The molecule has 0 fully saturated rings. The first-order valence-corrected chi connectivity index (χ1v) is 9.77. The van der Waals surface area contributed by atoms with E-state index < -0.39 is 6.36 Å². The van der Waals surface area contributed by atoms with Gasteiger partial charge in [0.1, 0.15) is 5.75 Å². The van der Waals surface area contributed by atoms with Crippen LogP contribution in [0.25, 0.3) is 0 Å². The number of aliphatic hydroxyl groups is 1. The van der Waals surface area contributed by atoms with Crippen LogP contribution >= 0.6 is 0 Å². The van der Waals surface area contributed by atoms with Crippen LogP contribution in [0.2, 0.25) is 0 Å². The molecule has 166 valence electrons. The summed E-state index contributed by atoms with van der Waals surface area (Å²) in [5.41, 5.74) is 1.95. The van der Waals surface area contributed by atoms with Gasteiger partial charge in [-0.15, -0.1) is 13.2 Å². The van der Waals surface area contributed by atoms with Gasteiger partial charge in [0.05, 0.1) is 6.54 Å². The van der Waals surface area contributed by atoms with Crippen LogP contribution in [0, 0.1) is 5.92 Å². The lowest BCUT2D eigenvalue weighted by Gasteiger charge is -2.23. The summed E-state index contributed by atoms with van der Waals surface area (Å²) in [6, 6.07) is 9.72. The molecule has 0 spiro atoms. The van der Waals surface area contributed by atoms with Gasteiger partial charge in [0, 0.05) is 51.6 Å². The molecule has 2 N–H and O–H groups in total. The van der Waals surface area contributed by atoms with Crippen LogP contribution < -0.4 is 10.1 Å². The number of aliphatic imine (C=N–C) groups is 1. The summed E-state index contributed by atoms with van der Waals surface area (Å²) in [5, 5.41) is 13.0. The Balaban J connectivity index is 1.99. The van der Waals surface area contributed by atoms with Crippen LogP contribution in [0.4, 0.5) is 13.2 Å². The van der Waals surface area contributed by atoms with Crippen molar-refractivity contribution in [2.75, 3.05) is 26.7 Å². The van der Waals surface area contributed by atoms with E-state index in [4.69, 9.17) is 0 Å². The van der Waals surface area contributed by atoms with Gasteiger partial charge in [-0.05, 0) is 43.2 Å². The highest BCUT2D eigenvalue weighted by molar-refractivity contribution is 5.79. The standard InChI is InChI=1S/C21H29F3N4O2/c1-4-25-20(28(3)14-18-6-5-11-27(18)2)26-13-17(15-29)12-16-7-9-19(10-8-16)30-21(22,23)24/h5-11,17,29H,4,12-15H2,1-3H3,(H,25,26). The molecule has 9 heteroatoms. The average molecular weight is 426 g/mol. The third kappa shape index (κ3) is 7.62. The first-order chi connectivity index (χ1) is 14.2. The predicted molar refractivity (Wildman–Crippen MR) is 110 cm³/mol. The third-order valence-electron chi connectivity index (χ3n) is 4.59. The van der Waals surface area contributed by atoms with Gasteiger partial charge in [0.25, 0.3) is 0 Å². The number of halogens is 3. The molecule has 1 heterocycles. The van der Waals surface area contributed by atoms with Crippen molar-refractivity contribution in [2.45, 2.75) is 26.3 Å². The number of hydrogen-bond acceptors (Lipinski definition) is 3. The van der Waals surface area contributed by atoms with Gasteiger partial charge < -0.3 is 24.6 Å². The van der Waals surface area contributed by atoms with E-state index >= 15 is 0 Å². The second kappa shape index (κ2) is 10.9. The van der Waals surface area contributed by atoms with Crippen molar-refractivity contribution in [3.8, 4) is 5.75 Å². The van der Waals surface area contributed by atoms with Crippen LogP contribution in [0.15, 0.2) is 47.6 Å². The Labute approximate surface area is 175 Å². The summed E-state index contributed by atoms with van der Waals surface area (Å²) in [4.78, 5) is 6.66. The Bertz CT molecular complexity index is 803. The van der Waals surface area contributed by atoms with Gasteiger partial charge in [-0.3, -0.25) is 4.99 Å². The first kappa shape index (κ1) is 23.6. The number of ether oxygens (including phenoxy) is 1. The molecule has 0 bridgehead atoms. The molecule has 30 heavy (non-hydrogen) atoms. The van der Waals surface area contributed by atoms with E-state index in [1.54, 1.807) is 12.1 Å². The number of alkyl halides is 3.